The third-order valence-electron chi connectivity index (χ3n) is 4.71. The van der Waals surface area contributed by atoms with Crippen molar-refractivity contribution in [3.05, 3.63) is 42.5 Å². The molecule has 3 aromatic rings. The van der Waals surface area contributed by atoms with Gasteiger partial charge >= 0.3 is 0 Å². The molecule has 0 radical (unpaired) electrons. The van der Waals surface area contributed by atoms with E-state index in [4.69, 9.17) is 4.52 Å². The normalized spacial score (nSPS) is 17.4. The maximum atomic E-state index is 5.43. The van der Waals surface area contributed by atoms with Gasteiger partial charge in [0.15, 0.2) is 5.82 Å². The Labute approximate surface area is 128 Å². The molecule has 1 atom stereocenters. The summed E-state index contributed by atoms with van der Waals surface area (Å²) in [5, 5.41) is 11.9. The first-order valence-corrected chi connectivity index (χ1v) is 7.46. The van der Waals surface area contributed by atoms with Crippen molar-refractivity contribution in [2.75, 3.05) is 0 Å². The largest absolute Gasteiger partial charge is 0.334 e. The summed E-state index contributed by atoms with van der Waals surface area (Å²) in [6.07, 6.45) is 5.94. The van der Waals surface area contributed by atoms with Crippen molar-refractivity contribution in [3.8, 4) is 17.1 Å². The zero-order valence-corrected chi connectivity index (χ0v) is 12.6. The highest BCUT2D eigenvalue weighted by atomic mass is 16.5. The quantitative estimate of drug-likeness (QED) is 0.739. The summed E-state index contributed by atoms with van der Waals surface area (Å²) in [6, 6.07) is 7.83. The molecular formula is C16H17N5O. The van der Waals surface area contributed by atoms with Crippen LogP contribution < -0.4 is 0 Å². The van der Waals surface area contributed by atoms with Crippen molar-refractivity contribution in [3.63, 3.8) is 0 Å². The highest BCUT2D eigenvalue weighted by molar-refractivity contribution is 5.55. The van der Waals surface area contributed by atoms with E-state index in [0.717, 1.165) is 17.1 Å². The van der Waals surface area contributed by atoms with Crippen molar-refractivity contribution >= 4 is 0 Å². The van der Waals surface area contributed by atoms with Gasteiger partial charge < -0.3 is 4.52 Å². The topological polar surface area (TPSA) is 69.6 Å². The van der Waals surface area contributed by atoms with Gasteiger partial charge in [0.2, 0.25) is 0 Å². The van der Waals surface area contributed by atoms with Crippen LogP contribution in [-0.2, 0) is 0 Å². The van der Waals surface area contributed by atoms with Crippen molar-refractivity contribution in [2.45, 2.75) is 32.6 Å². The standard InChI is InChI=1S/C16H17N5O/c1-11(16(2)7-8-16)14-18-15(22-19-14)12-3-5-13(6-4-12)21-10-9-17-20-21/h3-6,9-11H,7-8H2,1-2H3. The summed E-state index contributed by atoms with van der Waals surface area (Å²) >= 11 is 0. The van der Waals surface area contributed by atoms with Gasteiger partial charge in [-0.25, -0.2) is 4.68 Å². The molecule has 1 aliphatic rings. The summed E-state index contributed by atoms with van der Waals surface area (Å²) in [7, 11) is 0. The number of rotatable bonds is 4. The van der Waals surface area contributed by atoms with Crippen LogP contribution >= 0.6 is 0 Å². The highest BCUT2D eigenvalue weighted by Crippen LogP contribution is 2.54. The molecule has 2 heterocycles. The van der Waals surface area contributed by atoms with E-state index >= 15 is 0 Å². The van der Waals surface area contributed by atoms with Crippen LogP contribution in [0.25, 0.3) is 17.1 Å². The molecule has 1 saturated carbocycles. The lowest BCUT2D eigenvalue weighted by Crippen LogP contribution is -2.08. The first-order valence-electron chi connectivity index (χ1n) is 7.46. The average molecular weight is 295 g/mol. The molecule has 22 heavy (non-hydrogen) atoms. The second-order valence-corrected chi connectivity index (χ2v) is 6.23. The Bertz CT molecular complexity index is 771. The zero-order valence-electron chi connectivity index (χ0n) is 12.6. The van der Waals surface area contributed by atoms with E-state index < -0.39 is 0 Å². The van der Waals surface area contributed by atoms with E-state index in [1.54, 1.807) is 17.1 Å². The number of hydrogen-bond donors (Lipinski definition) is 0. The third kappa shape index (κ3) is 2.20. The summed E-state index contributed by atoms with van der Waals surface area (Å²) in [4.78, 5) is 4.57. The van der Waals surface area contributed by atoms with Crippen molar-refractivity contribution in [2.24, 2.45) is 5.41 Å². The Kier molecular flexibility index (Phi) is 2.85. The molecule has 4 rings (SSSR count). The van der Waals surface area contributed by atoms with E-state index in [2.05, 4.69) is 34.3 Å². The molecule has 2 aromatic heterocycles. The molecule has 0 bridgehead atoms. The van der Waals surface area contributed by atoms with Gasteiger partial charge in [0.05, 0.1) is 18.1 Å². The van der Waals surface area contributed by atoms with Crippen molar-refractivity contribution < 1.29 is 4.52 Å². The predicted molar refractivity (Wildman–Crippen MR) is 80.4 cm³/mol. The fraction of sp³-hybridized carbons (Fsp3) is 0.375. The van der Waals surface area contributed by atoms with Crippen molar-refractivity contribution in [1.82, 2.24) is 25.1 Å². The van der Waals surface area contributed by atoms with Crippen LogP contribution in [0.5, 0.6) is 0 Å². The maximum Gasteiger partial charge on any atom is 0.257 e. The Balaban J connectivity index is 1.58. The maximum absolute atomic E-state index is 5.43. The molecule has 0 aliphatic heterocycles. The SMILES string of the molecule is CC(c1noc(-c2ccc(-n3ccnn3)cc2)n1)C1(C)CC1. The number of benzene rings is 1. The second kappa shape index (κ2) is 4.76. The Morgan fingerprint density at radius 1 is 1.23 bits per heavy atom. The summed E-state index contributed by atoms with van der Waals surface area (Å²) in [6.45, 7) is 4.45. The Morgan fingerprint density at radius 3 is 2.64 bits per heavy atom. The molecule has 0 saturated heterocycles. The second-order valence-electron chi connectivity index (χ2n) is 6.23. The smallest absolute Gasteiger partial charge is 0.257 e. The minimum atomic E-state index is 0.333. The molecular weight excluding hydrogens is 278 g/mol. The van der Waals surface area contributed by atoms with Gasteiger partial charge in [-0.15, -0.1) is 5.10 Å². The fourth-order valence-electron chi connectivity index (χ4n) is 2.57. The van der Waals surface area contributed by atoms with E-state index in [-0.39, 0.29) is 0 Å². The van der Waals surface area contributed by atoms with Gasteiger partial charge in [0, 0.05) is 11.5 Å². The molecule has 6 heteroatoms. The predicted octanol–water partition coefficient (Wildman–Crippen LogP) is 3.22. The van der Waals surface area contributed by atoms with Crippen LogP contribution in [0, 0.1) is 5.41 Å². The van der Waals surface area contributed by atoms with Gasteiger partial charge in [-0.3, -0.25) is 0 Å². The van der Waals surface area contributed by atoms with Crippen LogP contribution in [0.3, 0.4) is 0 Å². The Hall–Kier alpha value is -2.50. The lowest BCUT2D eigenvalue weighted by atomic mass is 9.92. The molecule has 1 aromatic carbocycles. The molecule has 1 aliphatic carbocycles. The first-order chi connectivity index (χ1) is 10.7. The molecule has 1 unspecified atom stereocenters. The molecule has 6 nitrogen and oxygen atoms in total. The molecule has 112 valence electrons. The lowest BCUT2D eigenvalue weighted by molar-refractivity contribution is 0.389. The number of hydrogen-bond acceptors (Lipinski definition) is 5. The van der Waals surface area contributed by atoms with Crippen LogP contribution in [-0.4, -0.2) is 25.1 Å². The van der Waals surface area contributed by atoms with E-state index in [1.165, 1.54) is 12.8 Å². The van der Waals surface area contributed by atoms with E-state index in [9.17, 15) is 0 Å². The summed E-state index contributed by atoms with van der Waals surface area (Å²) < 4.78 is 7.14. The van der Waals surface area contributed by atoms with Gasteiger partial charge in [0.25, 0.3) is 5.89 Å². The first kappa shape index (κ1) is 13.2. The van der Waals surface area contributed by atoms with Crippen LogP contribution in [0.2, 0.25) is 0 Å². The summed E-state index contributed by atoms with van der Waals surface area (Å²) in [5.41, 5.74) is 2.20. The van der Waals surface area contributed by atoms with Crippen molar-refractivity contribution in [1.29, 1.82) is 0 Å². The lowest BCUT2D eigenvalue weighted by Gasteiger charge is -2.13. The molecule has 0 amide bonds. The average Bonchev–Trinajstić information content (AvgIpc) is 3.02. The number of nitrogens with zero attached hydrogens (tertiary/aromatic N) is 5. The van der Waals surface area contributed by atoms with Gasteiger partial charge in [-0.1, -0.05) is 24.2 Å². The van der Waals surface area contributed by atoms with Gasteiger partial charge in [0.1, 0.15) is 0 Å². The van der Waals surface area contributed by atoms with E-state index in [0.29, 0.717) is 17.2 Å². The Morgan fingerprint density at radius 2 is 2.00 bits per heavy atom. The molecule has 0 spiro atoms. The van der Waals surface area contributed by atoms with Crippen LogP contribution in [0.15, 0.2) is 41.2 Å². The number of aromatic nitrogens is 5. The minimum absolute atomic E-state index is 0.333. The van der Waals surface area contributed by atoms with E-state index in [1.807, 2.05) is 24.3 Å². The minimum Gasteiger partial charge on any atom is -0.334 e. The fourth-order valence-corrected chi connectivity index (χ4v) is 2.57. The summed E-state index contributed by atoms with van der Waals surface area (Å²) in [5.74, 6) is 1.70. The zero-order chi connectivity index (χ0) is 15.2. The molecule has 0 N–H and O–H groups in total. The van der Waals surface area contributed by atoms with Gasteiger partial charge in [-0.05, 0) is 42.5 Å². The molecule has 1 fully saturated rings. The third-order valence-corrected chi connectivity index (χ3v) is 4.71. The monoisotopic (exact) mass is 295 g/mol. The van der Waals surface area contributed by atoms with Crippen LogP contribution in [0.1, 0.15) is 38.4 Å². The highest BCUT2D eigenvalue weighted by Gasteiger charge is 2.45. The van der Waals surface area contributed by atoms with Gasteiger partial charge in [-0.2, -0.15) is 4.98 Å². The van der Waals surface area contributed by atoms with Crippen LogP contribution in [0.4, 0.5) is 0 Å².